The molecule has 1 aliphatic carbocycles. The Hall–Kier alpha value is -1.83. The van der Waals surface area contributed by atoms with Gasteiger partial charge in [0.1, 0.15) is 5.76 Å². The molecule has 0 unspecified atom stereocenters. The summed E-state index contributed by atoms with van der Waals surface area (Å²) in [6.45, 7) is 0.472. The van der Waals surface area contributed by atoms with Gasteiger partial charge < -0.3 is 9.32 Å². The summed E-state index contributed by atoms with van der Waals surface area (Å²) in [5.74, 6) is 1.12. The van der Waals surface area contributed by atoms with E-state index in [9.17, 15) is 4.79 Å². The fourth-order valence-corrected chi connectivity index (χ4v) is 2.67. The minimum Gasteiger partial charge on any atom is -0.467 e. The fourth-order valence-electron chi connectivity index (χ4n) is 1.79. The average molecular weight is 293 g/mol. The first-order chi connectivity index (χ1) is 9.74. The van der Waals surface area contributed by atoms with Gasteiger partial charge in [-0.1, -0.05) is 11.8 Å². The lowest BCUT2D eigenvalue weighted by Gasteiger charge is -2.15. The molecule has 3 rings (SSSR count). The second-order valence-electron chi connectivity index (χ2n) is 4.76. The highest BCUT2D eigenvalue weighted by Crippen LogP contribution is 2.36. The summed E-state index contributed by atoms with van der Waals surface area (Å²) in [4.78, 5) is 13.7. The van der Waals surface area contributed by atoms with E-state index < -0.39 is 0 Å². The summed E-state index contributed by atoms with van der Waals surface area (Å²) in [6, 6.07) is 4.08. The molecule has 2 heterocycles. The SMILES string of the molecule is CN(Cc1ccco1)C(=O)CSc1nnnn1C1CC1. The molecule has 0 aliphatic heterocycles. The number of carbonyl (C=O) groups excluding carboxylic acids is 1. The van der Waals surface area contributed by atoms with Crippen molar-refractivity contribution in [2.75, 3.05) is 12.8 Å². The van der Waals surface area contributed by atoms with Gasteiger partial charge in [-0.15, -0.1) is 5.10 Å². The van der Waals surface area contributed by atoms with Crippen LogP contribution in [0.2, 0.25) is 0 Å². The normalized spacial score (nSPS) is 14.4. The maximum absolute atomic E-state index is 12.0. The first-order valence-corrected chi connectivity index (χ1v) is 7.39. The Morgan fingerprint density at radius 1 is 1.60 bits per heavy atom. The molecule has 1 saturated carbocycles. The molecular formula is C12H15N5O2S. The molecule has 0 N–H and O–H groups in total. The summed E-state index contributed by atoms with van der Waals surface area (Å²) in [5, 5.41) is 12.3. The predicted octanol–water partition coefficient (Wildman–Crippen LogP) is 1.35. The van der Waals surface area contributed by atoms with Gasteiger partial charge in [0, 0.05) is 7.05 Å². The molecular weight excluding hydrogens is 278 g/mol. The number of nitrogens with zero attached hydrogens (tertiary/aromatic N) is 5. The lowest BCUT2D eigenvalue weighted by molar-refractivity contribution is -0.127. The van der Waals surface area contributed by atoms with Gasteiger partial charge in [-0.05, 0) is 35.4 Å². The van der Waals surface area contributed by atoms with Gasteiger partial charge in [-0.25, -0.2) is 4.68 Å². The zero-order valence-corrected chi connectivity index (χ0v) is 11.9. The molecule has 8 heteroatoms. The quantitative estimate of drug-likeness (QED) is 0.748. The average Bonchev–Trinajstić information content (AvgIpc) is 2.97. The molecule has 1 amide bonds. The van der Waals surface area contributed by atoms with Gasteiger partial charge in [0.2, 0.25) is 11.1 Å². The zero-order chi connectivity index (χ0) is 13.9. The molecule has 20 heavy (non-hydrogen) atoms. The van der Waals surface area contributed by atoms with Gasteiger partial charge in [0.25, 0.3) is 0 Å². The fraction of sp³-hybridized carbons (Fsp3) is 0.500. The number of aromatic nitrogens is 4. The topological polar surface area (TPSA) is 77.1 Å². The standard InChI is InChI=1S/C12H15N5O2S/c1-16(7-10-3-2-6-19-10)11(18)8-20-12-13-14-15-17(12)9-4-5-9/h2-3,6,9H,4-5,7-8H2,1H3. The maximum atomic E-state index is 12.0. The first-order valence-electron chi connectivity index (χ1n) is 6.41. The van der Waals surface area contributed by atoms with Crippen LogP contribution < -0.4 is 0 Å². The molecule has 1 aliphatic rings. The Kier molecular flexibility index (Phi) is 3.72. The number of hydrogen-bond donors (Lipinski definition) is 0. The van der Waals surface area contributed by atoms with E-state index in [0.717, 1.165) is 18.6 Å². The van der Waals surface area contributed by atoms with Crippen molar-refractivity contribution >= 4 is 17.7 Å². The number of tetrazole rings is 1. The summed E-state index contributed by atoms with van der Waals surface area (Å²) in [6.07, 6.45) is 3.84. The Morgan fingerprint density at radius 2 is 2.45 bits per heavy atom. The molecule has 7 nitrogen and oxygen atoms in total. The molecule has 106 valence electrons. The van der Waals surface area contributed by atoms with Crippen LogP contribution in [0, 0.1) is 0 Å². The van der Waals surface area contributed by atoms with E-state index in [1.807, 2.05) is 16.8 Å². The monoisotopic (exact) mass is 293 g/mol. The highest BCUT2D eigenvalue weighted by molar-refractivity contribution is 7.99. The third kappa shape index (κ3) is 3.01. The first kappa shape index (κ1) is 13.2. The van der Waals surface area contributed by atoms with Crippen LogP contribution in [0.15, 0.2) is 28.0 Å². The molecule has 2 aromatic rings. The summed E-state index contributed by atoms with van der Waals surface area (Å²) < 4.78 is 7.04. The van der Waals surface area contributed by atoms with Crippen molar-refractivity contribution in [1.29, 1.82) is 0 Å². The maximum Gasteiger partial charge on any atom is 0.233 e. The van der Waals surface area contributed by atoms with Crippen LogP contribution in [-0.4, -0.2) is 43.8 Å². The van der Waals surface area contributed by atoms with E-state index in [-0.39, 0.29) is 5.91 Å². The molecule has 1 fully saturated rings. The van der Waals surface area contributed by atoms with Gasteiger partial charge >= 0.3 is 0 Å². The van der Waals surface area contributed by atoms with Crippen LogP contribution in [0.25, 0.3) is 0 Å². The highest BCUT2D eigenvalue weighted by Gasteiger charge is 2.28. The van der Waals surface area contributed by atoms with Crippen LogP contribution in [-0.2, 0) is 11.3 Å². The Balaban J connectivity index is 1.52. The molecule has 0 aromatic carbocycles. The third-order valence-electron chi connectivity index (χ3n) is 3.08. The number of rotatable bonds is 6. The van der Waals surface area contributed by atoms with E-state index in [2.05, 4.69) is 15.5 Å². The van der Waals surface area contributed by atoms with E-state index in [1.54, 1.807) is 18.2 Å². The lowest BCUT2D eigenvalue weighted by Crippen LogP contribution is -2.27. The van der Waals surface area contributed by atoms with Gasteiger partial charge in [-0.2, -0.15) is 0 Å². The van der Waals surface area contributed by atoms with E-state index >= 15 is 0 Å². The second-order valence-corrected chi connectivity index (χ2v) is 5.70. The largest absolute Gasteiger partial charge is 0.467 e. The molecule has 0 spiro atoms. The van der Waals surface area contributed by atoms with Crippen LogP contribution >= 0.6 is 11.8 Å². The van der Waals surface area contributed by atoms with Crippen LogP contribution in [0.5, 0.6) is 0 Å². The predicted molar refractivity (Wildman–Crippen MR) is 72.0 cm³/mol. The van der Waals surface area contributed by atoms with Crippen molar-refractivity contribution in [2.24, 2.45) is 0 Å². The molecule has 2 aromatic heterocycles. The minimum absolute atomic E-state index is 0.0248. The minimum atomic E-state index is 0.0248. The van der Waals surface area contributed by atoms with Crippen molar-refractivity contribution < 1.29 is 9.21 Å². The molecule has 0 atom stereocenters. The third-order valence-corrected chi connectivity index (χ3v) is 4.00. The number of thioether (sulfide) groups is 1. The van der Waals surface area contributed by atoms with E-state index in [0.29, 0.717) is 23.5 Å². The van der Waals surface area contributed by atoms with Crippen molar-refractivity contribution in [1.82, 2.24) is 25.1 Å². The molecule has 0 bridgehead atoms. The van der Waals surface area contributed by atoms with Crippen molar-refractivity contribution in [3.8, 4) is 0 Å². The van der Waals surface area contributed by atoms with Crippen LogP contribution in [0.3, 0.4) is 0 Å². The van der Waals surface area contributed by atoms with Gasteiger partial charge in [0.05, 0.1) is 24.6 Å². The Morgan fingerprint density at radius 3 is 3.15 bits per heavy atom. The molecule has 0 saturated heterocycles. The summed E-state index contributed by atoms with van der Waals surface area (Å²) in [5.41, 5.74) is 0. The Labute approximate surface area is 120 Å². The lowest BCUT2D eigenvalue weighted by atomic mass is 10.4. The van der Waals surface area contributed by atoms with Crippen molar-refractivity contribution in [2.45, 2.75) is 30.6 Å². The number of amides is 1. The Bertz CT molecular complexity index is 578. The van der Waals surface area contributed by atoms with E-state index in [4.69, 9.17) is 4.42 Å². The van der Waals surface area contributed by atoms with Gasteiger partial charge in [0.15, 0.2) is 0 Å². The van der Waals surface area contributed by atoms with Crippen LogP contribution in [0.1, 0.15) is 24.6 Å². The van der Waals surface area contributed by atoms with Crippen molar-refractivity contribution in [3.05, 3.63) is 24.2 Å². The summed E-state index contributed by atoms with van der Waals surface area (Å²) in [7, 11) is 1.76. The zero-order valence-electron chi connectivity index (χ0n) is 11.1. The van der Waals surface area contributed by atoms with Crippen LogP contribution in [0.4, 0.5) is 0 Å². The van der Waals surface area contributed by atoms with Gasteiger partial charge in [-0.3, -0.25) is 4.79 Å². The summed E-state index contributed by atoms with van der Waals surface area (Å²) >= 11 is 1.38. The van der Waals surface area contributed by atoms with E-state index in [1.165, 1.54) is 11.8 Å². The molecule has 0 radical (unpaired) electrons. The number of hydrogen-bond acceptors (Lipinski definition) is 6. The second kappa shape index (κ2) is 5.66. The highest BCUT2D eigenvalue weighted by atomic mass is 32.2. The number of furan rings is 1. The van der Waals surface area contributed by atoms with Crippen molar-refractivity contribution in [3.63, 3.8) is 0 Å². The number of carbonyl (C=O) groups is 1. The smallest absolute Gasteiger partial charge is 0.233 e.